The Morgan fingerprint density at radius 3 is 2.38 bits per heavy atom. The van der Waals surface area contributed by atoms with E-state index in [1.54, 1.807) is 19.1 Å². The zero-order valence-corrected chi connectivity index (χ0v) is 14.5. The van der Waals surface area contributed by atoms with E-state index in [1.807, 2.05) is 0 Å². The summed E-state index contributed by atoms with van der Waals surface area (Å²) in [6, 6.07) is 5.58. The van der Waals surface area contributed by atoms with E-state index < -0.39 is 27.7 Å². The standard InChI is InChI=1S/C16H15F3N2O4S/c1-10-3-5-12(25-10)6-8-15(22)20-14-9-11(16(17,18)19)4-7-13(14)21-26(2,23)24/h3-9,21H,1-2H3,(H,20,22)/b8-6+. The monoisotopic (exact) mass is 388 g/mol. The summed E-state index contributed by atoms with van der Waals surface area (Å²) in [6.07, 6.45) is -1.41. The second-order valence-electron chi connectivity index (χ2n) is 5.40. The first-order chi connectivity index (χ1) is 11.9. The van der Waals surface area contributed by atoms with E-state index in [4.69, 9.17) is 4.42 Å². The molecule has 1 aromatic carbocycles. The number of hydrogen-bond donors (Lipinski definition) is 2. The summed E-state index contributed by atoms with van der Waals surface area (Å²) in [5.74, 6) is 0.258. The van der Waals surface area contributed by atoms with Crippen LogP contribution in [0.4, 0.5) is 24.5 Å². The van der Waals surface area contributed by atoms with E-state index in [1.165, 1.54) is 6.08 Å². The number of alkyl halides is 3. The molecule has 26 heavy (non-hydrogen) atoms. The maximum Gasteiger partial charge on any atom is 0.416 e. The number of nitrogens with one attached hydrogen (secondary N) is 2. The predicted molar refractivity (Wildman–Crippen MR) is 91.0 cm³/mol. The van der Waals surface area contributed by atoms with Gasteiger partial charge in [-0.1, -0.05) is 0 Å². The van der Waals surface area contributed by atoms with Gasteiger partial charge in [0.2, 0.25) is 15.9 Å². The molecule has 0 atom stereocenters. The molecule has 1 heterocycles. The quantitative estimate of drug-likeness (QED) is 0.766. The maximum atomic E-state index is 12.9. The van der Waals surface area contributed by atoms with E-state index in [9.17, 15) is 26.4 Å². The van der Waals surface area contributed by atoms with E-state index in [-0.39, 0.29) is 11.4 Å². The van der Waals surface area contributed by atoms with Crippen LogP contribution in [-0.2, 0) is 21.0 Å². The van der Waals surface area contributed by atoms with Gasteiger partial charge >= 0.3 is 6.18 Å². The number of carbonyl (C=O) groups is 1. The number of halogens is 3. The number of sulfonamides is 1. The minimum Gasteiger partial charge on any atom is -0.462 e. The van der Waals surface area contributed by atoms with Gasteiger partial charge in [-0.3, -0.25) is 9.52 Å². The molecular formula is C16H15F3N2O4S. The van der Waals surface area contributed by atoms with Crippen molar-refractivity contribution in [3.63, 3.8) is 0 Å². The summed E-state index contributed by atoms with van der Waals surface area (Å²) < 4.78 is 68.6. The Bertz CT molecular complexity index is 947. The van der Waals surface area contributed by atoms with Gasteiger partial charge in [0.1, 0.15) is 11.5 Å². The van der Waals surface area contributed by atoms with Gasteiger partial charge in [0.05, 0.1) is 23.2 Å². The molecule has 0 spiro atoms. The molecule has 10 heteroatoms. The van der Waals surface area contributed by atoms with Crippen molar-refractivity contribution < 1.29 is 30.8 Å². The van der Waals surface area contributed by atoms with Crippen molar-refractivity contribution in [2.24, 2.45) is 0 Å². The molecule has 2 aromatic rings. The fourth-order valence-electron chi connectivity index (χ4n) is 1.99. The van der Waals surface area contributed by atoms with Crippen LogP contribution in [0, 0.1) is 6.92 Å². The van der Waals surface area contributed by atoms with Crippen molar-refractivity contribution in [3.8, 4) is 0 Å². The van der Waals surface area contributed by atoms with Gasteiger partial charge in [-0.05, 0) is 43.3 Å². The number of aryl methyl sites for hydroxylation is 1. The van der Waals surface area contributed by atoms with Crippen molar-refractivity contribution in [2.45, 2.75) is 13.1 Å². The lowest BCUT2D eigenvalue weighted by atomic mass is 10.1. The Balaban J connectivity index is 2.29. The zero-order valence-electron chi connectivity index (χ0n) is 13.7. The minimum atomic E-state index is -4.65. The predicted octanol–water partition coefficient (Wildman–Crippen LogP) is 3.63. The Morgan fingerprint density at radius 1 is 1.15 bits per heavy atom. The van der Waals surface area contributed by atoms with Crippen LogP contribution < -0.4 is 10.0 Å². The van der Waals surface area contributed by atoms with Gasteiger partial charge in [0.25, 0.3) is 0 Å². The first-order valence-corrected chi connectivity index (χ1v) is 9.08. The zero-order chi connectivity index (χ0) is 19.5. The average Bonchev–Trinajstić information content (AvgIpc) is 2.90. The average molecular weight is 388 g/mol. The fraction of sp³-hybridized carbons (Fsp3) is 0.188. The summed E-state index contributed by atoms with van der Waals surface area (Å²) in [5, 5.41) is 2.23. The first kappa shape index (κ1) is 19.6. The van der Waals surface area contributed by atoms with Gasteiger partial charge < -0.3 is 9.73 Å². The van der Waals surface area contributed by atoms with Crippen LogP contribution in [-0.4, -0.2) is 20.6 Å². The third-order valence-electron chi connectivity index (χ3n) is 3.06. The molecule has 2 N–H and O–H groups in total. The summed E-state index contributed by atoms with van der Waals surface area (Å²) in [5.41, 5.74) is -1.54. The van der Waals surface area contributed by atoms with Gasteiger partial charge in [-0.25, -0.2) is 8.42 Å². The Hall–Kier alpha value is -2.75. The van der Waals surface area contributed by atoms with Gasteiger partial charge in [-0.15, -0.1) is 0 Å². The maximum absolute atomic E-state index is 12.9. The molecule has 0 aliphatic heterocycles. The van der Waals surface area contributed by atoms with Crippen molar-refractivity contribution in [1.29, 1.82) is 0 Å². The van der Waals surface area contributed by atoms with Crippen LogP contribution in [0.3, 0.4) is 0 Å². The number of benzene rings is 1. The van der Waals surface area contributed by atoms with E-state index in [0.717, 1.165) is 18.4 Å². The van der Waals surface area contributed by atoms with Gasteiger partial charge in [0, 0.05) is 6.08 Å². The number of hydrogen-bond acceptors (Lipinski definition) is 4. The molecule has 0 aliphatic rings. The van der Waals surface area contributed by atoms with Crippen molar-refractivity contribution in [2.75, 3.05) is 16.3 Å². The summed E-state index contributed by atoms with van der Waals surface area (Å²) in [4.78, 5) is 12.0. The van der Waals surface area contributed by atoms with Gasteiger partial charge in [0.15, 0.2) is 0 Å². The molecule has 2 rings (SSSR count). The lowest BCUT2D eigenvalue weighted by Gasteiger charge is -2.14. The summed E-state index contributed by atoms with van der Waals surface area (Å²) >= 11 is 0. The van der Waals surface area contributed by atoms with Crippen LogP contribution in [0.25, 0.3) is 6.08 Å². The fourth-order valence-corrected chi connectivity index (χ4v) is 2.57. The van der Waals surface area contributed by atoms with Crippen molar-refractivity contribution >= 4 is 33.4 Å². The first-order valence-electron chi connectivity index (χ1n) is 7.18. The lowest BCUT2D eigenvalue weighted by molar-refractivity contribution is -0.137. The third-order valence-corrected chi connectivity index (χ3v) is 3.65. The van der Waals surface area contributed by atoms with Crippen molar-refractivity contribution in [1.82, 2.24) is 0 Å². The molecule has 0 radical (unpaired) electrons. The molecule has 0 bridgehead atoms. The molecule has 0 saturated heterocycles. The molecule has 1 amide bonds. The number of furan rings is 1. The second-order valence-corrected chi connectivity index (χ2v) is 7.15. The highest BCUT2D eigenvalue weighted by Crippen LogP contribution is 2.34. The lowest BCUT2D eigenvalue weighted by Crippen LogP contribution is -2.16. The molecule has 0 aliphatic carbocycles. The molecule has 6 nitrogen and oxygen atoms in total. The Morgan fingerprint density at radius 2 is 1.85 bits per heavy atom. The minimum absolute atomic E-state index is 0.184. The van der Waals surface area contributed by atoms with Crippen LogP contribution >= 0.6 is 0 Å². The Labute approximate surface area is 147 Å². The van der Waals surface area contributed by atoms with Crippen LogP contribution in [0.15, 0.2) is 40.8 Å². The third kappa shape index (κ3) is 5.66. The largest absolute Gasteiger partial charge is 0.462 e. The summed E-state index contributed by atoms with van der Waals surface area (Å²) in [6.45, 7) is 1.71. The highest BCUT2D eigenvalue weighted by molar-refractivity contribution is 7.92. The smallest absolute Gasteiger partial charge is 0.416 e. The second kappa shape index (κ2) is 7.24. The number of carbonyl (C=O) groups excluding carboxylic acids is 1. The number of rotatable bonds is 5. The van der Waals surface area contributed by atoms with Crippen molar-refractivity contribution in [3.05, 3.63) is 53.5 Å². The topological polar surface area (TPSA) is 88.4 Å². The molecule has 1 aromatic heterocycles. The molecule has 0 fully saturated rings. The summed E-state index contributed by atoms with van der Waals surface area (Å²) in [7, 11) is -3.75. The molecule has 0 unspecified atom stereocenters. The van der Waals surface area contributed by atoms with Gasteiger partial charge in [-0.2, -0.15) is 13.2 Å². The normalized spacial score (nSPS) is 12.3. The van der Waals surface area contributed by atoms with E-state index in [0.29, 0.717) is 23.7 Å². The Kier molecular flexibility index (Phi) is 5.45. The number of amides is 1. The van der Waals surface area contributed by atoms with E-state index in [2.05, 4.69) is 10.0 Å². The molecular weight excluding hydrogens is 373 g/mol. The van der Waals surface area contributed by atoms with Crippen LogP contribution in [0.2, 0.25) is 0 Å². The number of anilines is 2. The highest BCUT2D eigenvalue weighted by Gasteiger charge is 2.31. The van der Waals surface area contributed by atoms with Crippen LogP contribution in [0.5, 0.6) is 0 Å². The van der Waals surface area contributed by atoms with Crippen LogP contribution in [0.1, 0.15) is 17.1 Å². The van der Waals surface area contributed by atoms with E-state index >= 15 is 0 Å². The highest BCUT2D eigenvalue weighted by atomic mass is 32.2. The SMILES string of the molecule is Cc1ccc(/C=C/C(=O)Nc2cc(C(F)(F)F)ccc2NS(C)(=O)=O)o1. The molecule has 140 valence electrons. The molecule has 0 saturated carbocycles.